The monoisotopic (exact) mass is 263 g/mol. The number of hydrogen-bond donors (Lipinski definition) is 0. The van der Waals surface area contributed by atoms with Crippen LogP contribution < -0.4 is 9.57 Å². The first kappa shape index (κ1) is 12.3. The highest BCUT2D eigenvalue weighted by atomic mass is 35.5. The average molecular weight is 264 g/mol. The van der Waals surface area contributed by atoms with Gasteiger partial charge in [0.25, 0.3) is 5.88 Å². The van der Waals surface area contributed by atoms with Crippen LogP contribution in [0.4, 0.5) is 0 Å². The zero-order valence-corrected chi connectivity index (χ0v) is 10.3. The van der Waals surface area contributed by atoms with Crippen molar-refractivity contribution < 1.29 is 9.57 Å². The first-order chi connectivity index (χ1) is 8.78. The Labute approximate surface area is 109 Å². The first-order valence-corrected chi connectivity index (χ1v) is 5.48. The number of benzene rings is 1. The Morgan fingerprint density at radius 2 is 2.00 bits per heavy atom. The Bertz CT molecular complexity index is 543. The normalized spacial score (nSPS) is 10.6. The lowest BCUT2D eigenvalue weighted by Crippen LogP contribution is -1.90. The molecule has 0 N–H and O–H groups in total. The van der Waals surface area contributed by atoms with Crippen molar-refractivity contribution in [1.82, 2.24) is 9.97 Å². The van der Waals surface area contributed by atoms with Crippen LogP contribution in [0.2, 0.25) is 5.15 Å². The van der Waals surface area contributed by atoms with Crippen molar-refractivity contribution in [1.29, 1.82) is 0 Å². The van der Waals surface area contributed by atoms with E-state index in [1.807, 2.05) is 24.3 Å². The zero-order valence-electron chi connectivity index (χ0n) is 9.58. The molecule has 1 aromatic heterocycles. The third-order valence-corrected chi connectivity index (χ3v) is 2.28. The second kappa shape index (κ2) is 5.97. The summed E-state index contributed by atoms with van der Waals surface area (Å²) in [6, 6.07) is 8.87. The molecule has 18 heavy (non-hydrogen) atoms. The Kier molecular flexibility index (Phi) is 4.09. The molecule has 0 atom stereocenters. The topological polar surface area (TPSA) is 56.6 Å². The summed E-state index contributed by atoms with van der Waals surface area (Å²) in [4.78, 5) is 12.6. The molecule has 0 saturated carbocycles. The van der Waals surface area contributed by atoms with Gasteiger partial charge >= 0.3 is 0 Å². The largest absolute Gasteiger partial charge is 0.497 e. The minimum atomic E-state index is 0.291. The molecule has 0 radical (unpaired) electrons. The van der Waals surface area contributed by atoms with Gasteiger partial charge < -0.3 is 9.57 Å². The van der Waals surface area contributed by atoms with Gasteiger partial charge in [0.15, 0.2) is 0 Å². The van der Waals surface area contributed by atoms with Gasteiger partial charge in [-0.25, -0.2) is 4.98 Å². The van der Waals surface area contributed by atoms with Crippen LogP contribution in [-0.2, 0) is 0 Å². The highest BCUT2D eigenvalue weighted by Gasteiger charge is 1.96. The fourth-order valence-corrected chi connectivity index (χ4v) is 1.34. The summed E-state index contributed by atoms with van der Waals surface area (Å²) in [6.07, 6.45) is 2.87. The van der Waals surface area contributed by atoms with Crippen molar-refractivity contribution in [3.05, 3.63) is 47.4 Å². The van der Waals surface area contributed by atoms with E-state index in [2.05, 4.69) is 15.1 Å². The summed E-state index contributed by atoms with van der Waals surface area (Å²) in [6.45, 7) is 0. The number of aromatic nitrogens is 2. The van der Waals surface area contributed by atoms with Crippen LogP contribution in [-0.4, -0.2) is 23.3 Å². The van der Waals surface area contributed by atoms with Crippen molar-refractivity contribution in [2.75, 3.05) is 7.11 Å². The molecule has 6 heteroatoms. The number of ether oxygens (including phenoxy) is 1. The molecule has 1 heterocycles. The molecule has 0 saturated heterocycles. The lowest BCUT2D eigenvalue weighted by Gasteiger charge is -1.99. The number of rotatable bonds is 4. The van der Waals surface area contributed by atoms with Crippen molar-refractivity contribution in [2.24, 2.45) is 5.16 Å². The second-order valence-corrected chi connectivity index (χ2v) is 3.67. The second-order valence-electron chi connectivity index (χ2n) is 3.28. The van der Waals surface area contributed by atoms with Gasteiger partial charge in [-0.15, -0.1) is 0 Å². The van der Waals surface area contributed by atoms with Crippen LogP contribution in [0.25, 0.3) is 0 Å². The van der Waals surface area contributed by atoms with E-state index in [4.69, 9.17) is 21.2 Å². The lowest BCUT2D eigenvalue weighted by molar-refractivity contribution is 0.329. The van der Waals surface area contributed by atoms with Crippen LogP contribution in [0.15, 0.2) is 41.8 Å². The fraction of sp³-hybridized carbons (Fsp3) is 0.0833. The molecule has 5 nitrogen and oxygen atoms in total. The van der Waals surface area contributed by atoms with E-state index in [0.717, 1.165) is 11.3 Å². The van der Waals surface area contributed by atoms with Gasteiger partial charge in [0.2, 0.25) is 0 Å². The minimum Gasteiger partial charge on any atom is -0.497 e. The third-order valence-electron chi connectivity index (χ3n) is 2.07. The predicted molar refractivity (Wildman–Crippen MR) is 68.3 cm³/mol. The van der Waals surface area contributed by atoms with Gasteiger partial charge in [-0.05, 0) is 29.8 Å². The van der Waals surface area contributed by atoms with Crippen molar-refractivity contribution in [3.8, 4) is 11.6 Å². The van der Waals surface area contributed by atoms with Gasteiger partial charge in [0.05, 0.1) is 13.3 Å². The standard InChI is InChI=1S/C12H10ClN3O2/c1-17-10-4-2-9(3-5-10)7-16-18-12-6-11(13)14-8-15-12/h2-8H,1H3/b16-7-. The minimum absolute atomic E-state index is 0.291. The lowest BCUT2D eigenvalue weighted by atomic mass is 10.2. The van der Waals surface area contributed by atoms with E-state index in [1.54, 1.807) is 13.3 Å². The maximum Gasteiger partial charge on any atom is 0.253 e. The molecule has 0 aliphatic rings. The fourth-order valence-electron chi connectivity index (χ4n) is 1.20. The first-order valence-electron chi connectivity index (χ1n) is 5.10. The Balaban J connectivity index is 1.98. The molecule has 0 fully saturated rings. The number of oxime groups is 1. The predicted octanol–water partition coefficient (Wildman–Crippen LogP) is 2.55. The summed E-state index contributed by atoms with van der Waals surface area (Å²) in [5.74, 6) is 1.08. The van der Waals surface area contributed by atoms with E-state index >= 15 is 0 Å². The van der Waals surface area contributed by atoms with Crippen LogP contribution >= 0.6 is 11.6 Å². The summed E-state index contributed by atoms with van der Waals surface area (Å²) >= 11 is 5.68. The Morgan fingerprint density at radius 1 is 1.22 bits per heavy atom. The molecule has 0 aliphatic heterocycles. The van der Waals surface area contributed by atoms with Crippen molar-refractivity contribution >= 4 is 17.8 Å². The van der Waals surface area contributed by atoms with E-state index in [9.17, 15) is 0 Å². The van der Waals surface area contributed by atoms with E-state index in [-0.39, 0.29) is 0 Å². The number of methoxy groups -OCH3 is 1. The van der Waals surface area contributed by atoms with Gasteiger partial charge in [0, 0.05) is 6.07 Å². The van der Waals surface area contributed by atoms with Gasteiger partial charge in [0.1, 0.15) is 17.2 Å². The molecule has 0 unspecified atom stereocenters. The maximum absolute atomic E-state index is 5.68. The number of hydrogen-bond acceptors (Lipinski definition) is 5. The summed E-state index contributed by atoms with van der Waals surface area (Å²) in [5.41, 5.74) is 0.885. The van der Waals surface area contributed by atoms with Crippen LogP contribution in [0, 0.1) is 0 Å². The molecule has 0 amide bonds. The third kappa shape index (κ3) is 3.43. The van der Waals surface area contributed by atoms with Gasteiger partial charge in [-0.1, -0.05) is 16.8 Å². The van der Waals surface area contributed by atoms with Gasteiger partial charge in [-0.2, -0.15) is 4.98 Å². The molecular weight excluding hydrogens is 254 g/mol. The molecule has 1 aromatic carbocycles. The highest BCUT2D eigenvalue weighted by Crippen LogP contribution is 2.12. The van der Waals surface area contributed by atoms with Gasteiger partial charge in [-0.3, -0.25) is 0 Å². The van der Waals surface area contributed by atoms with E-state index in [1.165, 1.54) is 12.4 Å². The Morgan fingerprint density at radius 3 is 2.67 bits per heavy atom. The molecule has 0 aliphatic carbocycles. The smallest absolute Gasteiger partial charge is 0.253 e. The van der Waals surface area contributed by atoms with Crippen LogP contribution in [0.5, 0.6) is 11.6 Å². The van der Waals surface area contributed by atoms with E-state index < -0.39 is 0 Å². The summed E-state index contributed by atoms with van der Waals surface area (Å²) in [7, 11) is 1.62. The van der Waals surface area contributed by atoms with Crippen molar-refractivity contribution in [3.63, 3.8) is 0 Å². The maximum atomic E-state index is 5.68. The Hall–Kier alpha value is -2.14. The molecule has 92 valence electrons. The quantitative estimate of drug-likeness (QED) is 0.483. The summed E-state index contributed by atoms with van der Waals surface area (Å²) in [5, 5.41) is 4.10. The van der Waals surface area contributed by atoms with Crippen LogP contribution in [0.3, 0.4) is 0 Å². The van der Waals surface area contributed by atoms with Crippen molar-refractivity contribution in [2.45, 2.75) is 0 Å². The van der Waals surface area contributed by atoms with E-state index in [0.29, 0.717) is 11.0 Å². The zero-order chi connectivity index (χ0) is 12.8. The number of halogens is 1. The SMILES string of the molecule is COc1ccc(/C=N\Oc2cc(Cl)ncn2)cc1. The average Bonchev–Trinajstić information content (AvgIpc) is 2.40. The molecular formula is C12H10ClN3O2. The highest BCUT2D eigenvalue weighted by molar-refractivity contribution is 6.29. The molecule has 0 bridgehead atoms. The molecule has 0 spiro atoms. The number of nitrogens with zero attached hydrogens (tertiary/aromatic N) is 3. The summed E-state index contributed by atoms with van der Waals surface area (Å²) < 4.78 is 5.05. The van der Waals surface area contributed by atoms with Crippen LogP contribution in [0.1, 0.15) is 5.56 Å². The molecule has 2 rings (SSSR count). The molecule has 2 aromatic rings.